The first-order valence-electron chi connectivity index (χ1n) is 17.9. The van der Waals surface area contributed by atoms with Gasteiger partial charge in [-0.15, -0.1) is 0 Å². The van der Waals surface area contributed by atoms with Crippen molar-refractivity contribution in [1.82, 2.24) is 14.7 Å². The second kappa shape index (κ2) is 19.8. The number of carboxylic acids is 4. The number of quaternary nitrogens is 1. The Morgan fingerprint density at radius 1 is 0.731 bits per heavy atom. The van der Waals surface area contributed by atoms with Crippen LogP contribution < -0.4 is 0 Å². The molecule has 0 aromatic heterocycles. The third-order valence-corrected chi connectivity index (χ3v) is 10.6. The van der Waals surface area contributed by atoms with Gasteiger partial charge in [-0.25, -0.2) is 4.79 Å². The minimum Gasteiger partial charge on any atom is -0.480 e. The Labute approximate surface area is 306 Å². The van der Waals surface area contributed by atoms with Crippen molar-refractivity contribution in [2.45, 2.75) is 70.9 Å². The molecule has 1 aliphatic rings. The van der Waals surface area contributed by atoms with Crippen molar-refractivity contribution < 1.29 is 53.6 Å². The number of aliphatic carboxylic acids is 4. The van der Waals surface area contributed by atoms with E-state index in [1.54, 1.807) is 37.5 Å². The van der Waals surface area contributed by atoms with E-state index in [4.69, 9.17) is 9.47 Å². The maximum Gasteiger partial charge on any atom is 0.359 e. The van der Waals surface area contributed by atoms with Crippen LogP contribution in [-0.4, -0.2) is 153 Å². The highest BCUT2D eigenvalue weighted by Gasteiger charge is 2.47. The molecule has 14 heteroatoms. The normalized spacial score (nSPS) is 20.4. The molecule has 4 N–H and O–H groups in total. The molecular weight excluding hydrogens is 672 g/mol. The van der Waals surface area contributed by atoms with E-state index in [1.165, 1.54) is 0 Å². The van der Waals surface area contributed by atoms with E-state index in [1.807, 2.05) is 65.6 Å². The molecule has 2 unspecified atom stereocenters. The number of carboxylic acid groups (broad SMARTS) is 4. The highest BCUT2D eigenvalue weighted by Crippen LogP contribution is 2.28. The molecule has 3 rings (SSSR count). The average Bonchev–Trinajstić information content (AvgIpc) is 3.10. The fraction of sp³-hybridized carbons (Fsp3) is 0.579. The van der Waals surface area contributed by atoms with Gasteiger partial charge in [0.1, 0.15) is 23.7 Å². The van der Waals surface area contributed by atoms with E-state index in [0.29, 0.717) is 0 Å². The summed E-state index contributed by atoms with van der Waals surface area (Å²) in [6.45, 7) is 7.51. The fourth-order valence-electron chi connectivity index (χ4n) is 7.04. The van der Waals surface area contributed by atoms with Crippen LogP contribution in [0, 0.1) is 0 Å². The van der Waals surface area contributed by atoms with Crippen molar-refractivity contribution in [3.63, 3.8) is 0 Å². The number of hydrogen-bond donors (Lipinski definition) is 4. The van der Waals surface area contributed by atoms with Gasteiger partial charge in [-0.05, 0) is 37.8 Å². The van der Waals surface area contributed by atoms with Gasteiger partial charge in [0.15, 0.2) is 13.3 Å². The smallest absolute Gasteiger partial charge is 0.359 e. The number of benzene rings is 2. The van der Waals surface area contributed by atoms with E-state index in [9.17, 15) is 39.6 Å². The molecule has 1 saturated heterocycles. The molecule has 288 valence electrons. The zero-order valence-corrected chi connectivity index (χ0v) is 31.0. The maximum absolute atomic E-state index is 12.8. The lowest BCUT2D eigenvalue weighted by Gasteiger charge is -2.49. The van der Waals surface area contributed by atoms with E-state index in [2.05, 4.69) is 0 Å². The first-order chi connectivity index (χ1) is 24.7. The topological polar surface area (TPSA) is 177 Å². The Kier molecular flexibility index (Phi) is 16.2. The summed E-state index contributed by atoms with van der Waals surface area (Å²) in [5.74, 6) is -4.25. The Bertz CT molecular complexity index is 1440. The highest BCUT2D eigenvalue weighted by atomic mass is 16.5. The summed E-state index contributed by atoms with van der Waals surface area (Å²) in [5, 5.41) is 41.3. The monoisotopic (exact) mass is 729 g/mol. The lowest BCUT2D eigenvalue weighted by Crippen LogP contribution is -2.68. The summed E-state index contributed by atoms with van der Waals surface area (Å²) in [6.07, 6.45) is 0.570. The number of ether oxygens (including phenoxy) is 2. The summed E-state index contributed by atoms with van der Waals surface area (Å²) in [5.41, 5.74) is -0.902. The first-order valence-corrected chi connectivity index (χ1v) is 17.9. The van der Waals surface area contributed by atoms with Gasteiger partial charge in [0.2, 0.25) is 0 Å². The molecular formula is C38H57N4O10+. The van der Waals surface area contributed by atoms with Crippen molar-refractivity contribution in [3.8, 4) is 0 Å². The van der Waals surface area contributed by atoms with Gasteiger partial charge < -0.3 is 29.9 Å². The molecule has 0 radical (unpaired) electrons. The number of carbonyl (C=O) groups is 4. The van der Waals surface area contributed by atoms with Gasteiger partial charge in [-0.2, -0.15) is 0 Å². The largest absolute Gasteiger partial charge is 0.480 e. The third kappa shape index (κ3) is 11.5. The fourth-order valence-corrected chi connectivity index (χ4v) is 7.04. The minimum atomic E-state index is -1.43. The van der Waals surface area contributed by atoms with Crippen LogP contribution in [-0.2, 0) is 41.9 Å². The molecule has 52 heavy (non-hydrogen) atoms. The molecule has 0 spiro atoms. The molecule has 1 heterocycles. The quantitative estimate of drug-likeness (QED) is 0.165. The Hall–Kier alpha value is -3.92. The van der Waals surface area contributed by atoms with Gasteiger partial charge >= 0.3 is 23.9 Å². The molecule has 2 atom stereocenters. The molecule has 14 nitrogen and oxygen atoms in total. The van der Waals surface area contributed by atoms with Crippen molar-refractivity contribution in [3.05, 3.63) is 71.8 Å². The number of hydrogen-bond acceptors (Lipinski definition) is 9. The van der Waals surface area contributed by atoms with Gasteiger partial charge in [0.05, 0.1) is 32.8 Å². The number of nitrogens with zero attached hydrogens (tertiary/aromatic N) is 4. The van der Waals surface area contributed by atoms with E-state index in [-0.39, 0.29) is 96.2 Å². The van der Waals surface area contributed by atoms with E-state index < -0.39 is 47.5 Å². The van der Waals surface area contributed by atoms with Crippen LogP contribution in [0.15, 0.2) is 60.7 Å². The molecule has 0 amide bonds. The van der Waals surface area contributed by atoms with Crippen LogP contribution in [0.25, 0.3) is 0 Å². The van der Waals surface area contributed by atoms with Crippen LogP contribution in [0.1, 0.15) is 51.7 Å². The third-order valence-electron chi connectivity index (χ3n) is 10.6. The average molecular weight is 730 g/mol. The Balaban J connectivity index is 2.17. The van der Waals surface area contributed by atoms with Gasteiger partial charge in [-0.3, -0.25) is 33.6 Å². The summed E-state index contributed by atoms with van der Waals surface area (Å²) in [4.78, 5) is 55.9. The van der Waals surface area contributed by atoms with Crippen molar-refractivity contribution in [1.29, 1.82) is 0 Å². The zero-order valence-electron chi connectivity index (χ0n) is 31.0. The Morgan fingerprint density at radius 2 is 1.27 bits per heavy atom. The van der Waals surface area contributed by atoms with Crippen LogP contribution in [0.4, 0.5) is 0 Å². The molecule has 0 bridgehead atoms. The van der Waals surface area contributed by atoms with Crippen LogP contribution in [0.3, 0.4) is 0 Å². The second-order valence-electron chi connectivity index (χ2n) is 14.1. The van der Waals surface area contributed by atoms with Crippen molar-refractivity contribution in [2.75, 3.05) is 72.2 Å². The molecule has 0 saturated carbocycles. The predicted molar refractivity (Wildman–Crippen MR) is 193 cm³/mol. The second-order valence-corrected chi connectivity index (χ2v) is 14.1. The minimum absolute atomic E-state index is 0.0364. The summed E-state index contributed by atoms with van der Waals surface area (Å²) < 4.78 is 12.4. The van der Waals surface area contributed by atoms with Gasteiger partial charge in [0.25, 0.3) is 0 Å². The zero-order chi connectivity index (χ0) is 38.4. The van der Waals surface area contributed by atoms with Gasteiger partial charge in [0, 0.05) is 32.7 Å². The van der Waals surface area contributed by atoms with Gasteiger partial charge in [-0.1, -0.05) is 74.5 Å². The SMILES string of the molecule is CCC(CC)(C(=O)O)N1CCN(CC(=O)O)CC[N+](COCc2ccccc2)(CC(=O)O)C(COCc2ccccc2)CN(C(C)(C)C(=O)O)CC1. The molecule has 2 aromatic carbocycles. The lowest BCUT2D eigenvalue weighted by molar-refractivity contribution is -0.961. The predicted octanol–water partition coefficient (Wildman–Crippen LogP) is 3.16. The standard InChI is InChI=1S/C38H56N4O10/c1-5-38(6-2,36(49)50)40-18-17-39(24-33(43)44)21-22-42(25-34(45)46,29-52-27-31-15-11-8-12-16-31)32(28-51-26-30-13-9-7-10-14-30)23-41(20-19-40)37(3,4)35(47)48/h7-16,32H,5-6,17-29H2,1-4H3,(H3-,43,44,45,46,47,48,49,50)/p+1. The van der Waals surface area contributed by atoms with E-state index >= 15 is 0 Å². The maximum atomic E-state index is 12.8. The molecule has 0 aliphatic carbocycles. The van der Waals surface area contributed by atoms with Crippen molar-refractivity contribution in [2.24, 2.45) is 0 Å². The molecule has 2 aromatic rings. The summed E-state index contributed by atoms with van der Waals surface area (Å²) >= 11 is 0. The number of rotatable bonds is 18. The summed E-state index contributed by atoms with van der Waals surface area (Å²) in [6, 6.07) is 18.3. The first kappa shape index (κ1) is 42.5. The lowest BCUT2D eigenvalue weighted by atomic mass is 9.90. The van der Waals surface area contributed by atoms with Crippen LogP contribution in [0.5, 0.6) is 0 Å². The van der Waals surface area contributed by atoms with Crippen LogP contribution in [0.2, 0.25) is 0 Å². The molecule has 1 fully saturated rings. The summed E-state index contributed by atoms with van der Waals surface area (Å²) in [7, 11) is 0. The molecule has 1 aliphatic heterocycles. The Morgan fingerprint density at radius 3 is 1.77 bits per heavy atom. The highest BCUT2D eigenvalue weighted by molar-refractivity contribution is 5.79. The van der Waals surface area contributed by atoms with Crippen LogP contribution >= 0.6 is 0 Å². The van der Waals surface area contributed by atoms with E-state index in [0.717, 1.165) is 11.1 Å². The van der Waals surface area contributed by atoms with Crippen molar-refractivity contribution >= 4 is 23.9 Å².